The Bertz CT molecular complexity index is 1550. The van der Waals surface area contributed by atoms with Crippen molar-refractivity contribution in [1.29, 1.82) is 0 Å². The summed E-state index contributed by atoms with van der Waals surface area (Å²) in [6.07, 6.45) is 3.68. The molecule has 0 saturated carbocycles. The smallest absolute Gasteiger partial charge is 0.308 e. The third-order valence-corrected chi connectivity index (χ3v) is 10.0. The second-order valence-corrected chi connectivity index (χ2v) is 14.4. The van der Waals surface area contributed by atoms with E-state index in [0.717, 1.165) is 26.8 Å². The van der Waals surface area contributed by atoms with Gasteiger partial charge in [-0.3, -0.25) is 19.2 Å². The molecule has 0 radical (unpaired) electrons. The summed E-state index contributed by atoms with van der Waals surface area (Å²) in [5.74, 6) is -3.10. The van der Waals surface area contributed by atoms with Crippen LogP contribution in [0.5, 0.6) is 5.75 Å². The van der Waals surface area contributed by atoms with Crippen LogP contribution < -0.4 is 10.6 Å². The molecule has 0 fully saturated rings. The second kappa shape index (κ2) is 15.9. The van der Waals surface area contributed by atoms with Crippen molar-refractivity contribution in [3.05, 3.63) is 81.4 Å². The molecular weight excluding hydrogens is 660 g/mol. The molecule has 252 valence electrons. The maximum atomic E-state index is 14.3. The first-order valence-corrected chi connectivity index (χ1v) is 17.3. The number of phenolic OH excluding ortho intramolecular Hbond substituents is 1. The van der Waals surface area contributed by atoms with Crippen molar-refractivity contribution in [3.63, 3.8) is 0 Å². The Balaban J connectivity index is 1.72. The molecule has 47 heavy (non-hydrogen) atoms. The fourth-order valence-corrected chi connectivity index (χ4v) is 7.47. The molecule has 2 amide bonds. The highest BCUT2D eigenvalue weighted by Gasteiger charge is 2.37. The summed E-state index contributed by atoms with van der Waals surface area (Å²) in [6, 6.07) is 12.8. The lowest BCUT2D eigenvalue weighted by molar-refractivity contribution is -0.149. The monoisotopic (exact) mass is 706 g/mol. The topological polar surface area (TPSA) is 122 Å². The Kier molecular flexibility index (Phi) is 12.2. The molecule has 4 rings (SSSR count). The van der Waals surface area contributed by atoms with E-state index in [9.17, 15) is 24.3 Å². The van der Waals surface area contributed by atoms with Crippen molar-refractivity contribution in [1.82, 2.24) is 10.6 Å². The molecule has 0 bridgehead atoms. The number of aromatic hydroxyl groups is 1. The van der Waals surface area contributed by atoms with Gasteiger partial charge in [0.1, 0.15) is 5.75 Å². The number of hydrogen-bond donors (Lipinski definition) is 3. The number of cyclic esters (lactones) is 1. The number of amides is 2. The number of hydrogen-bond acceptors (Lipinski definition) is 6. The molecule has 9 heteroatoms. The molecule has 2 aromatic carbocycles. The molecule has 0 saturated heterocycles. The summed E-state index contributed by atoms with van der Waals surface area (Å²) in [6.45, 7) is 11.1. The number of allylic oxidation sites excluding steroid dienone is 4. The van der Waals surface area contributed by atoms with E-state index in [4.69, 9.17) is 4.74 Å². The predicted octanol–water partition coefficient (Wildman–Crippen LogP) is 6.96. The third-order valence-electron chi connectivity index (χ3n) is 9.28. The highest BCUT2D eigenvalue weighted by molar-refractivity contribution is 9.11. The Labute approximate surface area is 286 Å². The van der Waals surface area contributed by atoms with Gasteiger partial charge < -0.3 is 20.5 Å². The lowest BCUT2D eigenvalue weighted by atomic mass is 9.81. The van der Waals surface area contributed by atoms with E-state index in [1.165, 1.54) is 12.1 Å². The molecule has 7 atom stereocenters. The van der Waals surface area contributed by atoms with Crippen molar-refractivity contribution in [2.24, 2.45) is 23.7 Å². The normalized spacial score (nSPS) is 29.8. The van der Waals surface area contributed by atoms with Crippen LogP contribution in [-0.2, 0) is 30.3 Å². The molecule has 2 aromatic rings. The maximum absolute atomic E-state index is 14.3. The van der Waals surface area contributed by atoms with Crippen LogP contribution in [0, 0.1) is 23.7 Å². The van der Waals surface area contributed by atoms with Crippen LogP contribution in [0.1, 0.15) is 90.0 Å². The highest BCUT2D eigenvalue weighted by atomic mass is 79.9. The largest absolute Gasteiger partial charge is 0.508 e. The van der Waals surface area contributed by atoms with Crippen LogP contribution in [-0.4, -0.2) is 40.8 Å². The van der Waals surface area contributed by atoms with Gasteiger partial charge in [-0.25, -0.2) is 0 Å². The number of carbonyl (C=O) groups is 4. The van der Waals surface area contributed by atoms with Crippen LogP contribution in [0.4, 0.5) is 0 Å². The van der Waals surface area contributed by atoms with Gasteiger partial charge in [0.15, 0.2) is 5.78 Å². The number of phenols is 1. The number of fused-ring (bicyclic) bond motifs is 1. The van der Waals surface area contributed by atoms with Crippen LogP contribution in [0.2, 0.25) is 0 Å². The number of esters is 1. The standard InChI is InChI=1S/C38H47BrN2O6/c1-21-15-22(2)17-24(4)47-35(43)20-34(27-11-13-29(42)14-12-27)41-38(46)31(19-32-30-10-8-7-9-28(30)18-33(32)39)25(5)36(44)26(6)40-37(45)23(3)16-21/h7-15,22-26,31,34,42H,16-20H2,1-6H3,(H,40,45)(H,41,46)/b21-15+. The van der Waals surface area contributed by atoms with Gasteiger partial charge in [-0.1, -0.05) is 84.7 Å². The van der Waals surface area contributed by atoms with Crippen molar-refractivity contribution in [3.8, 4) is 5.75 Å². The number of Topliss-reactive ketones (excluding diaryl/α,β-unsaturated/α-hetero) is 1. The summed E-state index contributed by atoms with van der Waals surface area (Å²) in [4.78, 5) is 54.8. The van der Waals surface area contributed by atoms with E-state index in [2.05, 4.69) is 32.6 Å². The van der Waals surface area contributed by atoms with Gasteiger partial charge in [-0.2, -0.15) is 0 Å². The molecule has 0 aromatic heterocycles. The van der Waals surface area contributed by atoms with Crippen LogP contribution >= 0.6 is 15.9 Å². The van der Waals surface area contributed by atoms with E-state index < -0.39 is 29.9 Å². The fourth-order valence-electron chi connectivity index (χ4n) is 6.79. The minimum absolute atomic E-state index is 0.0591. The number of benzene rings is 2. The van der Waals surface area contributed by atoms with Crippen molar-refractivity contribution in [2.45, 2.75) is 91.8 Å². The first-order chi connectivity index (χ1) is 22.2. The predicted molar refractivity (Wildman–Crippen MR) is 186 cm³/mol. The first-order valence-electron chi connectivity index (χ1n) is 16.5. The Morgan fingerprint density at radius 3 is 2.28 bits per heavy atom. The molecule has 1 aliphatic carbocycles. The van der Waals surface area contributed by atoms with Gasteiger partial charge in [-0.05, 0) is 80.3 Å². The number of rotatable bonds is 3. The Morgan fingerprint density at radius 2 is 1.57 bits per heavy atom. The number of halogens is 1. The average Bonchev–Trinajstić information content (AvgIpc) is 3.32. The van der Waals surface area contributed by atoms with Crippen LogP contribution in [0.15, 0.2) is 64.7 Å². The fraction of sp³-hybridized carbons (Fsp3) is 0.474. The molecule has 0 spiro atoms. The van der Waals surface area contributed by atoms with Crippen molar-refractivity contribution >= 4 is 45.1 Å². The SMILES string of the molecule is C/C1=C\C(C)CC(C)OC(=O)CC(c2ccc(O)cc2)NC(=O)C(CC2=C(Br)Cc3ccccc32)C(C)C(=O)C(C)NC(=O)C(C)C1. The quantitative estimate of drug-likeness (QED) is 0.234. The Hall–Kier alpha value is -3.72. The second-order valence-electron chi connectivity index (χ2n) is 13.4. The lowest BCUT2D eigenvalue weighted by Crippen LogP contribution is -2.47. The third kappa shape index (κ3) is 9.43. The number of nitrogens with one attached hydrogen (secondary N) is 2. The number of ether oxygens (including phenoxy) is 1. The number of ketones is 1. The summed E-state index contributed by atoms with van der Waals surface area (Å²) in [7, 11) is 0. The molecule has 8 nitrogen and oxygen atoms in total. The van der Waals surface area contributed by atoms with Gasteiger partial charge >= 0.3 is 5.97 Å². The zero-order valence-electron chi connectivity index (χ0n) is 28.1. The van der Waals surface area contributed by atoms with Gasteiger partial charge in [0, 0.05) is 22.7 Å². The highest BCUT2D eigenvalue weighted by Crippen LogP contribution is 2.41. The van der Waals surface area contributed by atoms with Gasteiger partial charge in [0.2, 0.25) is 11.8 Å². The lowest BCUT2D eigenvalue weighted by Gasteiger charge is -2.29. The first kappa shape index (κ1) is 36.1. The van der Waals surface area contributed by atoms with Crippen LogP contribution in [0.3, 0.4) is 0 Å². The molecule has 1 heterocycles. The summed E-state index contributed by atoms with van der Waals surface area (Å²) in [5, 5.41) is 15.9. The van der Waals surface area contributed by atoms with Gasteiger partial charge in [0.25, 0.3) is 0 Å². The molecule has 3 N–H and O–H groups in total. The van der Waals surface area contributed by atoms with Gasteiger partial charge in [0.05, 0.1) is 30.5 Å². The van der Waals surface area contributed by atoms with E-state index in [1.807, 2.05) is 52.0 Å². The Morgan fingerprint density at radius 1 is 0.894 bits per heavy atom. The zero-order chi connectivity index (χ0) is 34.4. The summed E-state index contributed by atoms with van der Waals surface area (Å²) in [5.41, 5.74) is 4.79. The summed E-state index contributed by atoms with van der Waals surface area (Å²) >= 11 is 3.73. The van der Waals surface area contributed by atoms with Crippen molar-refractivity contribution in [2.75, 3.05) is 0 Å². The minimum Gasteiger partial charge on any atom is -0.508 e. The van der Waals surface area contributed by atoms with E-state index in [-0.39, 0.29) is 54.1 Å². The molecule has 7 unspecified atom stereocenters. The van der Waals surface area contributed by atoms with E-state index in [0.29, 0.717) is 24.8 Å². The van der Waals surface area contributed by atoms with Gasteiger partial charge in [-0.15, -0.1) is 0 Å². The summed E-state index contributed by atoms with van der Waals surface area (Å²) < 4.78 is 6.77. The number of carbonyl (C=O) groups excluding carboxylic acids is 4. The molecule has 1 aliphatic heterocycles. The van der Waals surface area contributed by atoms with Crippen molar-refractivity contribution < 1.29 is 29.0 Å². The zero-order valence-corrected chi connectivity index (χ0v) is 29.7. The van der Waals surface area contributed by atoms with Crippen LogP contribution in [0.25, 0.3) is 5.57 Å². The molecule has 2 aliphatic rings. The molecular formula is C38H47BrN2O6. The maximum Gasteiger partial charge on any atom is 0.308 e. The minimum atomic E-state index is -0.810. The van der Waals surface area contributed by atoms with E-state index >= 15 is 0 Å². The average molecular weight is 708 g/mol. The van der Waals surface area contributed by atoms with E-state index in [1.54, 1.807) is 26.0 Å².